The van der Waals surface area contributed by atoms with Gasteiger partial charge in [0.05, 0.1) is 19.5 Å². The van der Waals surface area contributed by atoms with Crippen LogP contribution in [-0.4, -0.2) is 27.3 Å². The molecule has 15 heavy (non-hydrogen) atoms. The number of methoxy groups -OCH3 is 1. The second-order valence-electron chi connectivity index (χ2n) is 2.70. The van der Waals surface area contributed by atoms with E-state index in [0.717, 1.165) is 0 Å². The molecule has 6 heteroatoms. The van der Waals surface area contributed by atoms with Crippen LogP contribution in [-0.2, 0) is 0 Å². The topological polar surface area (TPSA) is 72.8 Å². The average Bonchev–Trinajstić information content (AvgIpc) is 2.31. The van der Waals surface area contributed by atoms with Crippen LogP contribution in [0.2, 0.25) is 0 Å². The molecule has 0 aromatic carbocycles. The Balaban J connectivity index is 2.17. The van der Waals surface area contributed by atoms with Crippen molar-refractivity contribution < 1.29 is 4.74 Å². The van der Waals surface area contributed by atoms with Crippen LogP contribution in [0, 0.1) is 0 Å². The van der Waals surface area contributed by atoms with Gasteiger partial charge in [0.25, 0.3) is 0 Å². The quantitative estimate of drug-likeness (QED) is 0.802. The Morgan fingerprint density at radius 1 is 1.20 bits per heavy atom. The van der Waals surface area contributed by atoms with Crippen molar-refractivity contribution in [2.24, 2.45) is 0 Å². The van der Waals surface area contributed by atoms with Gasteiger partial charge in [-0.05, 0) is 0 Å². The summed E-state index contributed by atoms with van der Waals surface area (Å²) >= 11 is 0. The molecule has 0 fully saturated rings. The predicted octanol–water partition coefficient (Wildman–Crippen LogP) is 1.02. The standard InChI is InChI=1S/C9H9N5O/c1-15-7-4-8(14-12-5-7)13-9-6-10-2-3-11-9/h2-6H,1H3,(H,11,13,14). The van der Waals surface area contributed by atoms with Crippen molar-refractivity contribution in [3.05, 3.63) is 30.9 Å². The molecule has 0 saturated heterocycles. The number of ether oxygens (including phenoxy) is 1. The van der Waals surface area contributed by atoms with Crippen LogP contribution in [0.4, 0.5) is 11.6 Å². The zero-order valence-corrected chi connectivity index (χ0v) is 8.08. The van der Waals surface area contributed by atoms with E-state index in [2.05, 4.69) is 25.5 Å². The lowest BCUT2D eigenvalue weighted by atomic mass is 10.5. The van der Waals surface area contributed by atoms with E-state index in [1.807, 2.05) is 0 Å². The van der Waals surface area contributed by atoms with Crippen molar-refractivity contribution in [1.82, 2.24) is 20.2 Å². The van der Waals surface area contributed by atoms with Crippen molar-refractivity contribution in [2.45, 2.75) is 0 Å². The largest absolute Gasteiger partial charge is 0.495 e. The van der Waals surface area contributed by atoms with E-state index < -0.39 is 0 Å². The van der Waals surface area contributed by atoms with Gasteiger partial charge in [0.1, 0.15) is 11.6 Å². The van der Waals surface area contributed by atoms with Gasteiger partial charge in [0.2, 0.25) is 0 Å². The lowest BCUT2D eigenvalue weighted by Gasteiger charge is -2.03. The molecule has 76 valence electrons. The number of hydrogen-bond donors (Lipinski definition) is 1. The van der Waals surface area contributed by atoms with E-state index >= 15 is 0 Å². The number of anilines is 2. The van der Waals surface area contributed by atoms with Crippen molar-refractivity contribution in [3.63, 3.8) is 0 Å². The van der Waals surface area contributed by atoms with E-state index in [4.69, 9.17) is 4.74 Å². The third-order valence-corrected chi connectivity index (χ3v) is 1.68. The molecule has 0 unspecified atom stereocenters. The molecule has 0 radical (unpaired) electrons. The predicted molar refractivity (Wildman–Crippen MR) is 53.9 cm³/mol. The van der Waals surface area contributed by atoms with Gasteiger partial charge in [-0.25, -0.2) is 4.98 Å². The highest BCUT2D eigenvalue weighted by molar-refractivity contribution is 5.51. The number of hydrogen-bond acceptors (Lipinski definition) is 6. The average molecular weight is 203 g/mol. The van der Waals surface area contributed by atoms with E-state index in [9.17, 15) is 0 Å². The molecule has 2 rings (SSSR count). The molecule has 2 heterocycles. The SMILES string of the molecule is COc1cnnc(Nc2cnccn2)c1. The maximum atomic E-state index is 5.01. The maximum Gasteiger partial charge on any atom is 0.157 e. The number of nitrogens with one attached hydrogen (secondary N) is 1. The summed E-state index contributed by atoms with van der Waals surface area (Å²) in [7, 11) is 1.57. The molecule has 0 aliphatic carbocycles. The zero-order valence-electron chi connectivity index (χ0n) is 8.08. The molecule has 0 atom stereocenters. The highest BCUT2D eigenvalue weighted by Crippen LogP contribution is 2.14. The first-order valence-corrected chi connectivity index (χ1v) is 4.28. The number of aromatic nitrogens is 4. The van der Waals surface area contributed by atoms with Crippen LogP contribution in [0.15, 0.2) is 30.9 Å². The van der Waals surface area contributed by atoms with Crippen LogP contribution in [0.25, 0.3) is 0 Å². The zero-order chi connectivity index (χ0) is 10.5. The van der Waals surface area contributed by atoms with Gasteiger partial charge in [-0.15, -0.1) is 5.10 Å². The third kappa shape index (κ3) is 2.37. The summed E-state index contributed by atoms with van der Waals surface area (Å²) in [6.07, 6.45) is 6.32. The summed E-state index contributed by atoms with van der Waals surface area (Å²) in [6.45, 7) is 0. The Kier molecular flexibility index (Phi) is 2.68. The van der Waals surface area contributed by atoms with Crippen LogP contribution in [0.3, 0.4) is 0 Å². The first kappa shape index (κ1) is 9.32. The molecule has 0 aliphatic rings. The molecule has 6 nitrogen and oxygen atoms in total. The maximum absolute atomic E-state index is 5.01. The molecule has 0 amide bonds. The lowest BCUT2D eigenvalue weighted by Crippen LogP contribution is -1.98. The summed E-state index contributed by atoms with van der Waals surface area (Å²) in [5.74, 6) is 1.81. The molecule has 0 aliphatic heterocycles. The van der Waals surface area contributed by atoms with Gasteiger partial charge in [0, 0.05) is 18.5 Å². The van der Waals surface area contributed by atoms with Gasteiger partial charge in [-0.1, -0.05) is 0 Å². The van der Waals surface area contributed by atoms with Gasteiger partial charge >= 0.3 is 0 Å². The molecule has 0 spiro atoms. The Morgan fingerprint density at radius 2 is 2.13 bits per heavy atom. The summed E-state index contributed by atoms with van der Waals surface area (Å²) < 4.78 is 5.01. The molecule has 0 saturated carbocycles. The normalized spacial score (nSPS) is 9.67. The highest BCUT2D eigenvalue weighted by atomic mass is 16.5. The van der Waals surface area contributed by atoms with E-state index in [-0.39, 0.29) is 0 Å². The third-order valence-electron chi connectivity index (χ3n) is 1.68. The van der Waals surface area contributed by atoms with Crippen LogP contribution < -0.4 is 10.1 Å². The van der Waals surface area contributed by atoms with Crippen LogP contribution in [0.5, 0.6) is 5.75 Å². The lowest BCUT2D eigenvalue weighted by molar-refractivity contribution is 0.412. The summed E-state index contributed by atoms with van der Waals surface area (Å²) in [4.78, 5) is 7.97. The molecular formula is C9H9N5O. The smallest absolute Gasteiger partial charge is 0.157 e. The van der Waals surface area contributed by atoms with Crippen LogP contribution in [0.1, 0.15) is 0 Å². The second kappa shape index (κ2) is 4.32. The Morgan fingerprint density at radius 3 is 2.87 bits per heavy atom. The molecule has 2 aromatic heterocycles. The van der Waals surface area contributed by atoms with Crippen molar-refractivity contribution in [3.8, 4) is 5.75 Å². The molecule has 1 N–H and O–H groups in total. The van der Waals surface area contributed by atoms with Gasteiger partial charge in [0.15, 0.2) is 5.82 Å². The van der Waals surface area contributed by atoms with Crippen molar-refractivity contribution in [2.75, 3.05) is 12.4 Å². The summed E-state index contributed by atoms with van der Waals surface area (Å²) in [5, 5.41) is 10.6. The minimum atomic E-state index is 0.565. The first-order chi connectivity index (χ1) is 7.38. The Labute approximate surface area is 86.4 Å². The Bertz CT molecular complexity index is 434. The minimum absolute atomic E-state index is 0.565. The fourth-order valence-electron chi connectivity index (χ4n) is 1.02. The van der Waals surface area contributed by atoms with Gasteiger partial charge in [-0.2, -0.15) is 5.10 Å². The fraction of sp³-hybridized carbons (Fsp3) is 0.111. The van der Waals surface area contributed by atoms with Crippen molar-refractivity contribution >= 4 is 11.6 Å². The number of nitrogens with zero attached hydrogens (tertiary/aromatic N) is 4. The highest BCUT2D eigenvalue weighted by Gasteiger charge is 1.99. The van der Waals surface area contributed by atoms with Crippen LogP contribution >= 0.6 is 0 Å². The fourth-order valence-corrected chi connectivity index (χ4v) is 1.02. The number of rotatable bonds is 3. The molecule has 0 bridgehead atoms. The molecule has 2 aromatic rings. The first-order valence-electron chi connectivity index (χ1n) is 4.28. The minimum Gasteiger partial charge on any atom is -0.495 e. The van der Waals surface area contributed by atoms with Crippen molar-refractivity contribution in [1.29, 1.82) is 0 Å². The van der Waals surface area contributed by atoms with E-state index in [1.54, 1.807) is 31.8 Å². The monoisotopic (exact) mass is 203 g/mol. The molecular weight excluding hydrogens is 194 g/mol. The van der Waals surface area contributed by atoms with Gasteiger partial charge < -0.3 is 10.1 Å². The Hall–Kier alpha value is -2.24. The van der Waals surface area contributed by atoms with Gasteiger partial charge in [-0.3, -0.25) is 4.98 Å². The summed E-state index contributed by atoms with van der Waals surface area (Å²) in [6, 6.07) is 1.72. The second-order valence-corrected chi connectivity index (χ2v) is 2.70. The van der Waals surface area contributed by atoms with E-state index in [0.29, 0.717) is 17.4 Å². The van der Waals surface area contributed by atoms with E-state index in [1.165, 1.54) is 6.20 Å². The summed E-state index contributed by atoms with van der Waals surface area (Å²) in [5.41, 5.74) is 0.